The molecule has 16 heavy (non-hydrogen) atoms. The van der Waals surface area contributed by atoms with Crippen LogP contribution in [0.5, 0.6) is 0 Å². The smallest absolute Gasteiger partial charge is 0.256 e. The molecule has 1 atom stereocenters. The zero-order chi connectivity index (χ0) is 11.5. The zero-order valence-electron chi connectivity index (χ0n) is 9.32. The second kappa shape index (κ2) is 4.95. The van der Waals surface area contributed by atoms with Crippen molar-refractivity contribution >= 4 is 21.8 Å². The Morgan fingerprint density at radius 3 is 3.19 bits per heavy atom. The van der Waals surface area contributed by atoms with Gasteiger partial charge >= 0.3 is 0 Å². The highest BCUT2D eigenvalue weighted by molar-refractivity contribution is 9.10. The molecule has 2 heterocycles. The second-order valence-electron chi connectivity index (χ2n) is 4.04. The summed E-state index contributed by atoms with van der Waals surface area (Å²) in [6.45, 7) is 3.01. The lowest BCUT2D eigenvalue weighted by Crippen LogP contribution is -2.35. The molecule has 1 fully saturated rings. The molecule has 1 aliphatic rings. The summed E-state index contributed by atoms with van der Waals surface area (Å²) in [6.07, 6.45) is 4.95. The minimum atomic E-state index is 0.101. The van der Waals surface area contributed by atoms with Gasteiger partial charge < -0.3 is 4.90 Å². The molecule has 1 aliphatic heterocycles. The first-order valence-electron chi connectivity index (χ1n) is 5.65. The number of pyridine rings is 1. The fourth-order valence-electron chi connectivity index (χ4n) is 2.23. The molecule has 0 N–H and O–H groups in total. The van der Waals surface area contributed by atoms with Crippen molar-refractivity contribution in [1.82, 2.24) is 9.88 Å². The van der Waals surface area contributed by atoms with Crippen molar-refractivity contribution in [3.8, 4) is 0 Å². The number of likely N-dealkylation sites (tertiary alicyclic amines) is 1. The van der Waals surface area contributed by atoms with E-state index in [1.165, 1.54) is 0 Å². The molecule has 4 heteroatoms. The second-order valence-corrected chi connectivity index (χ2v) is 4.80. The number of hydrogen-bond acceptors (Lipinski definition) is 2. The van der Waals surface area contributed by atoms with Crippen LogP contribution in [-0.4, -0.2) is 28.4 Å². The predicted octanol–water partition coefficient (Wildman–Crippen LogP) is 2.86. The first kappa shape index (κ1) is 11.6. The van der Waals surface area contributed by atoms with Crippen LogP contribution in [0.4, 0.5) is 0 Å². The fraction of sp³-hybridized carbons (Fsp3) is 0.500. The minimum Gasteiger partial charge on any atom is -0.336 e. The average molecular weight is 283 g/mol. The molecule has 1 amide bonds. The van der Waals surface area contributed by atoms with E-state index < -0.39 is 0 Å². The third kappa shape index (κ3) is 2.12. The summed E-state index contributed by atoms with van der Waals surface area (Å²) in [4.78, 5) is 18.4. The van der Waals surface area contributed by atoms with Crippen LogP contribution in [0.1, 0.15) is 36.5 Å². The molecule has 0 saturated carbocycles. The van der Waals surface area contributed by atoms with Crippen molar-refractivity contribution in [2.75, 3.05) is 6.54 Å². The number of carbonyl (C=O) groups is 1. The van der Waals surface area contributed by atoms with Gasteiger partial charge in [-0.1, -0.05) is 6.92 Å². The highest BCUT2D eigenvalue weighted by Crippen LogP contribution is 2.24. The number of amides is 1. The van der Waals surface area contributed by atoms with Gasteiger partial charge in [0.1, 0.15) is 4.60 Å². The van der Waals surface area contributed by atoms with Gasteiger partial charge in [-0.25, -0.2) is 4.98 Å². The van der Waals surface area contributed by atoms with Gasteiger partial charge in [0.25, 0.3) is 5.91 Å². The Balaban J connectivity index is 2.22. The molecule has 0 aliphatic carbocycles. The molecule has 3 nitrogen and oxygen atoms in total. The van der Waals surface area contributed by atoms with E-state index in [1.54, 1.807) is 12.3 Å². The van der Waals surface area contributed by atoms with Crippen molar-refractivity contribution in [1.29, 1.82) is 0 Å². The minimum absolute atomic E-state index is 0.101. The maximum absolute atomic E-state index is 12.3. The van der Waals surface area contributed by atoms with Crippen LogP contribution in [0, 0.1) is 0 Å². The number of aromatic nitrogens is 1. The van der Waals surface area contributed by atoms with Crippen LogP contribution in [0.3, 0.4) is 0 Å². The number of hydrogen-bond donors (Lipinski definition) is 0. The monoisotopic (exact) mass is 282 g/mol. The third-order valence-electron chi connectivity index (χ3n) is 3.10. The summed E-state index contributed by atoms with van der Waals surface area (Å²) in [6, 6.07) is 4.03. The summed E-state index contributed by atoms with van der Waals surface area (Å²) in [5, 5.41) is 0. The highest BCUT2D eigenvalue weighted by atomic mass is 79.9. The number of halogens is 1. The van der Waals surface area contributed by atoms with Gasteiger partial charge in [0.05, 0.1) is 5.56 Å². The molecular weight excluding hydrogens is 268 g/mol. The van der Waals surface area contributed by atoms with Crippen LogP contribution in [0.15, 0.2) is 22.9 Å². The molecule has 1 aromatic rings. The van der Waals surface area contributed by atoms with E-state index in [0.717, 1.165) is 25.8 Å². The molecule has 2 rings (SSSR count). The van der Waals surface area contributed by atoms with E-state index in [4.69, 9.17) is 0 Å². The van der Waals surface area contributed by atoms with Crippen LogP contribution in [0.2, 0.25) is 0 Å². The Bertz CT molecular complexity index is 394. The summed E-state index contributed by atoms with van der Waals surface area (Å²) in [5.74, 6) is 0.101. The topological polar surface area (TPSA) is 33.2 Å². The van der Waals surface area contributed by atoms with Gasteiger partial charge in [-0.3, -0.25) is 4.79 Å². The SMILES string of the molecule is CCC1CCCN1C(=O)c1cccnc1Br. The highest BCUT2D eigenvalue weighted by Gasteiger charge is 2.28. The quantitative estimate of drug-likeness (QED) is 0.782. The Morgan fingerprint density at radius 1 is 1.69 bits per heavy atom. The lowest BCUT2D eigenvalue weighted by Gasteiger charge is -2.23. The lowest BCUT2D eigenvalue weighted by molar-refractivity contribution is 0.0732. The Kier molecular flexibility index (Phi) is 3.59. The molecule has 1 unspecified atom stereocenters. The standard InChI is InChI=1S/C12H15BrN2O/c1-2-9-5-4-8-15(9)12(16)10-6-3-7-14-11(10)13/h3,6-7,9H,2,4-5,8H2,1H3. The van der Waals surface area contributed by atoms with Crippen LogP contribution in [-0.2, 0) is 0 Å². The van der Waals surface area contributed by atoms with E-state index >= 15 is 0 Å². The number of carbonyl (C=O) groups excluding carboxylic acids is 1. The van der Waals surface area contributed by atoms with Crippen molar-refractivity contribution in [2.45, 2.75) is 32.2 Å². The summed E-state index contributed by atoms with van der Waals surface area (Å²) < 4.78 is 0.641. The molecular formula is C12H15BrN2O. The van der Waals surface area contributed by atoms with Crippen LogP contribution in [0.25, 0.3) is 0 Å². The molecule has 1 aromatic heterocycles. The Labute approximate surface area is 104 Å². The maximum Gasteiger partial charge on any atom is 0.256 e. The largest absolute Gasteiger partial charge is 0.336 e. The van der Waals surface area contributed by atoms with Crippen molar-refractivity contribution in [3.63, 3.8) is 0 Å². The fourth-order valence-corrected chi connectivity index (χ4v) is 2.65. The molecule has 0 aromatic carbocycles. The maximum atomic E-state index is 12.3. The van der Waals surface area contributed by atoms with E-state index in [-0.39, 0.29) is 5.91 Å². The normalized spacial score (nSPS) is 20.1. The van der Waals surface area contributed by atoms with E-state index in [2.05, 4.69) is 27.8 Å². The molecule has 1 saturated heterocycles. The van der Waals surface area contributed by atoms with Gasteiger partial charge in [0, 0.05) is 18.8 Å². The Hall–Kier alpha value is -0.900. The third-order valence-corrected chi connectivity index (χ3v) is 3.73. The molecule has 0 spiro atoms. The van der Waals surface area contributed by atoms with Crippen LogP contribution >= 0.6 is 15.9 Å². The summed E-state index contributed by atoms with van der Waals surface area (Å²) >= 11 is 3.33. The van der Waals surface area contributed by atoms with Gasteiger partial charge in [-0.05, 0) is 47.3 Å². The Morgan fingerprint density at radius 2 is 2.50 bits per heavy atom. The van der Waals surface area contributed by atoms with Gasteiger partial charge in [-0.2, -0.15) is 0 Å². The summed E-state index contributed by atoms with van der Waals surface area (Å²) in [7, 11) is 0. The number of rotatable bonds is 2. The van der Waals surface area contributed by atoms with Crippen LogP contribution < -0.4 is 0 Å². The van der Waals surface area contributed by atoms with E-state index in [9.17, 15) is 4.79 Å². The lowest BCUT2D eigenvalue weighted by atomic mass is 10.1. The van der Waals surface area contributed by atoms with Crippen molar-refractivity contribution < 1.29 is 4.79 Å². The van der Waals surface area contributed by atoms with Gasteiger partial charge in [-0.15, -0.1) is 0 Å². The first-order chi connectivity index (χ1) is 7.74. The van der Waals surface area contributed by atoms with Gasteiger partial charge in [0.15, 0.2) is 0 Å². The first-order valence-corrected chi connectivity index (χ1v) is 6.44. The predicted molar refractivity (Wildman–Crippen MR) is 66.3 cm³/mol. The molecule has 0 radical (unpaired) electrons. The zero-order valence-corrected chi connectivity index (χ0v) is 10.9. The van der Waals surface area contributed by atoms with E-state index in [0.29, 0.717) is 16.2 Å². The number of nitrogens with zero attached hydrogens (tertiary/aromatic N) is 2. The van der Waals surface area contributed by atoms with E-state index in [1.807, 2.05) is 11.0 Å². The molecule has 0 bridgehead atoms. The van der Waals surface area contributed by atoms with Crippen molar-refractivity contribution in [3.05, 3.63) is 28.5 Å². The summed E-state index contributed by atoms with van der Waals surface area (Å²) in [5.41, 5.74) is 0.669. The van der Waals surface area contributed by atoms with Gasteiger partial charge in [0.2, 0.25) is 0 Å². The average Bonchev–Trinajstić information content (AvgIpc) is 2.77. The van der Waals surface area contributed by atoms with Crippen molar-refractivity contribution in [2.24, 2.45) is 0 Å². The molecule has 86 valence electrons.